The molecule has 1 aromatic carbocycles. The highest BCUT2D eigenvalue weighted by molar-refractivity contribution is 14.1. The standard InChI is InChI=1S/C8H6FIO2/c1-4-5(8(11)12)2-3-6(10)7(4)9/h2-3H,1H3,(H,11,12). The van der Waals surface area contributed by atoms with Gasteiger partial charge in [-0.2, -0.15) is 0 Å². The van der Waals surface area contributed by atoms with Crippen LogP contribution in [0.15, 0.2) is 12.1 Å². The third kappa shape index (κ3) is 1.57. The van der Waals surface area contributed by atoms with Crippen molar-refractivity contribution in [3.63, 3.8) is 0 Å². The van der Waals surface area contributed by atoms with Crippen LogP contribution in [0.1, 0.15) is 15.9 Å². The van der Waals surface area contributed by atoms with Crippen LogP contribution in [-0.2, 0) is 0 Å². The first-order valence-electron chi connectivity index (χ1n) is 3.22. The van der Waals surface area contributed by atoms with Crippen molar-refractivity contribution < 1.29 is 14.3 Å². The van der Waals surface area contributed by atoms with Crippen molar-refractivity contribution in [2.45, 2.75) is 6.92 Å². The minimum absolute atomic E-state index is 0.0212. The molecule has 0 saturated heterocycles. The van der Waals surface area contributed by atoms with Crippen molar-refractivity contribution in [2.75, 3.05) is 0 Å². The Morgan fingerprint density at radius 1 is 1.58 bits per heavy atom. The zero-order valence-electron chi connectivity index (χ0n) is 6.27. The summed E-state index contributed by atoms with van der Waals surface area (Å²) in [4.78, 5) is 10.5. The topological polar surface area (TPSA) is 37.3 Å². The Morgan fingerprint density at radius 3 is 2.67 bits per heavy atom. The Hall–Kier alpha value is -0.650. The summed E-state index contributed by atoms with van der Waals surface area (Å²) in [5.74, 6) is -1.54. The van der Waals surface area contributed by atoms with Crippen LogP contribution in [-0.4, -0.2) is 11.1 Å². The first kappa shape index (κ1) is 9.44. The van der Waals surface area contributed by atoms with Crippen LogP contribution >= 0.6 is 22.6 Å². The molecule has 0 bridgehead atoms. The molecule has 1 rings (SSSR count). The van der Waals surface area contributed by atoms with Gasteiger partial charge in [0.05, 0.1) is 5.56 Å². The highest BCUT2D eigenvalue weighted by atomic mass is 127. The van der Waals surface area contributed by atoms with E-state index < -0.39 is 11.8 Å². The Balaban J connectivity index is 3.36. The van der Waals surface area contributed by atoms with E-state index in [1.807, 2.05) is 22.6 Å². The second-order valence-electron chi connectivity index (χ2n) is 2.34. The predicted molar refractivity (Wildman–Crippen MR) is 50.8 cm³/mol. The van der Waals surface area contributed by atoms with Gasteiger partial charge >= 0.3 is 5.97 Å². The summed E-state index contributed by atoms with van der Waals surface area (Å²) in [5.41, 5.74) is 0.210. The normalized spacial score (nSPS) is 9.92. The molecular formula is C8H6FIO2. The molecule has 0 heterocycles. The molecule has 0 radical (unpaired) electrons. The largest absolute Gasteiger partial charge is 0.478 e. The molecule has 0 aliphatic heterocycles. The average molecular weight is 280 g/mol. The van der Waals surface area contributed by atoms with E-state index in [9.17, 15) is 9.18 Å². The number of carboxylic acid groups (broad SMARTS) is 1. The molecule has 0 aliphatic rings. The molecule has 0 aromatic heterocycles. The molecule has 64 valence electrons. The van der Waals surface area contributed by atoms with Crippen molar-refractivity contribution in [3.8, 4) is 0 Å². The summed E-state index contributed by atoms with van der Waals surface area (Å²) in [6.45, 7) is 1.46. The minimum atomic E-state index is -1.09. The molecule has 0 fully saturated rings. The van der Waals surface area contributed by atoms with Gasteiger partial charge in [0, 0.05) is 9.13 Å². The van der Waals surface area contributed by atoms with Gasteiger partial charge in [0.2, 0.25) is 0 Å². The molecule has 2 nitrogen and oxygen atoms in total. The van der Waals surface area contributed by atoms with Gasteiger partial charge in [-0.15, -0.1) is 0 Å². The highest BCUT2D eigenvalue weighted by Gasteiger charge is 2.12. The van der Waals surface area contributed by atoms with Crippen LogP contribution in [0.25, 0.3) is 0 Å². The van der Waals surface area contributed by atoms with Crippen LogP contribution < -0.4 is 0 Å². The first-order valence-corrected chi connectivity index (χ1v) is 4.30. The van der Waals surface area contributed by atoms with Gasteiger partial charge in [0.25, 0.3) is 0 Å². The van der Waals surface area contributed by atoms with Gasteiger partial charge in [0.1, 0.15) is 5.82 Å². The number of aromatic carboxylic acids is 1. The molecule has 0 spiro atoms. The van der Waals surface area contributed by atoms with Crippen LogP contribution in [0.2, 0.25) is 0 Å². The summed E-state index contributed by atoms with van der Waals surface area (Å²) in [6.07, 6.45) is 0. The van der Waals surface area contributed by atoms with Crippen LogP contribution in [0.5, 0.6) is 0 Å². The van der Waals surface area contributed by atoms with E-state index in [0.29, 0.717) is 3.57 Å². The first-order chi connectivity index (χ1) is 5.54. The molecule has 0 amide bonds. The van der Waals surface area contributed by atoms with Crippen molar-refractivity contribution in [1.29, 1.82) is 0 Å². The summed E-state index contributed by atoms with van der Waals surface area (Å²) in [6, 6.07) is 2.86. The van der Waals surface area contributed by atoms with Gasteiger partial charge in [-0.05, 0) is 41.6 Å². The number of halogens is 2. The third-order valence-corrected chi connectivity index (χ3v) is 2.40. The van der Waals surface area contributed by atoms with Gasteiger partial charge in [-0.1, -0.05) is 0 Å². The van der Waals surface area contributed by atoms with Gasteiger partial charge in [-0.3, -0.25) is 0 Å². The van der Waals surface area contributed by atoms with E-state index in [1.54, 1.807) is 0 Å². The van der Waals surface area contributed by atoms with Crippen molar-refractivity contribution in [2.24, 2.45) is 0 Å². The lowest BCUT2D eigenvalue weighted by Gasteiger charge is -2.02. The lowest BCUT2D eigenvalue weighted by molar-refractivity contribution is 0.0695. The van der Waals surface area contributed by atoms with E-state index in [0.717, 1.165) is 0 Å². The SMILES string of the molecule is Cc1c(C(=O)O)ccc(I)c1F. The number of hydrogen-bond acceptors (Lipinski definition) is 1. The van der Waals surface area contributed by atoms with E-state index in [2.05, 4.69) is 0 Å². The Morgan fingerprint density at radius 2 is 2.17 bits per heavy atom. The maximum atomic E-state index is 13.1. The lowest BCUT2D eigenvalue weighted by Crippen LogP contribution is -2.02. The fourth-order valence-corrected chi connectivity index (χ4v) is 1.47. The van der Waals surface area contributed by atoms with Crippen molar-refractivity contribution >= 4 is 28.6 Å². The molecule has 12 heavy (non-hydrogen) atoms. The third-order valence-electron chi connectivity index (χ3n) is 1.57. The summed E-state index contributed by atoms with van der Waals surface area (Å²) >= 11 is 1.82. The molecule has 1 N–H and O–H groups in total. The number of rotatable bonds is 1. The molecule has 0 atom stereocenters. The molecule has 0 saturated carbocycles. The number of carboxylic acids is 1. The highest BCUT2D eigenvalue weighted by Crippen LogP contribution is 2.18. The molecule has 4 heteroatoms. The van der Waals surface area contributed by atoms with Gasteiger partial charge in [0.15, 0.2) is 0 Å². The summed E-state index contributed by atoms with van der Waals surface area (Å²) < 4.78 is 13.5. The second-order valence-corrected chi connectivity index (χ2v) is 3.50. The van der Waals surface area contributed by atoms with Crippen LogP contribution in [0.3, 0.4) is 0 Å². The maximum Gasteiger partial charge on any atom is 0.336 e. The number of hydrogen-bond donors (Lipinski definition) is 1. The van der Waals surface area contributed by atoms with E-state index in [1.165, 1.54) is 19.1 Å². The Kier molecular flexibility index (Phi) is 2.66. The fraction of sp³-hybridized carbons (Fsp3) is 0.125. The lowest BCUT2D eigenvalue weighted by atomic mass is 10.1. The zero-order valence-corrected chi connectivity index (χ0v) is 8.42. The predicted octanol–water partition coefficient (Wildman–Crippen LogP) is 2.44. The quantitative estimate of drug-likeness (QED) is 0.802. The summed E-state index contributed by atoms with van der Waals surface area (Å²) in [5, 5.41) is 8.61. The van der Waals surface area contributed by atoms with Crippen molar-refractivity contribution in [1.82, 2.24) is 0 Å². The van der Waals surface area contributed by atoms with E-state index in [4.69, 9.17) is 5.11 Å². The zero-order chi connectivity index (χ0) is 9.30. The van der Waals surface area contributed by atoms with Gasteiger partial charge < -0.3 is 5.11 Å². The van der Waals surface area contributed by atoms with Crippen LogP contribution in [0.4, 0.5) is 4.39 Å². The molecule has 0 aliphatic carbocycles. The summed E-state index contributed by atoms with van der Waals surface area (Å²) in [7, 11) is 0. The second kappa shape index (κ2) is 3.38. The fourth-order valence-electron chi connectivity index (χ4n) is 0.884. The van der Waals surface area contributed by atoms with Crippen molar-refractivity contribution in [3.05, 3.63) is 32.6 Å². The smallest absolute Gasteiger partial charge is 0.336 e. The number of carbonyl (C=O) groups is 1. The Labute approximate surface area is 82.5 Å². The van der Waals surface area contributed by atoms with E-state index >= 15 is 0 Å². The monoisotopic (exact) mass is 280 g/mol. The maximum absolute atomic E-state index is 13.1. The molecular weight excluding hydrogens is 274 g/mol. The van der Waals surface area contributed by atoms with Crippen LogP contribution in [0, 0.1) is 16.3 Å². The van der Waals surface area contributed by atoms with E-state index in [-0.39, 0.29) is 11.1 Å². The van der Waals surface area contributed by atoms with Gasteiger partial charge in [-0.25, -0.2) is 9.18 Å². The average Bonchev–Trinajstić information content (AvgIpc) is 2.00. The molecule has 0 unspecified atom stereocenters. The Bertz CT molecular complexity index is 336. The number of benzene rings is 1. The minimum Gasteiger partial charge on any atom is -0.478 e. The molecule has 1 aromatic rings.